The third kappa shape index (κ3) is 4.41. The largest absolute Gasteiger partial charge is 0.468 e. The first-order valence-corrected chi connectivity index (χ1v) is 9.95. The lowest BCUT2D eigenvalue weighted by atomic mass is 9.67. The van der Waals surface area contributed by atoms with Gasteiger partial charge in [0.2, 0.25) is 0 Å². The lowest BCUT2D eigenvalue weighted by Crippen LogP contribution is -2.47. The molecule has 0 N–H and O–H groups in total. The van der Waals surface area contributed by atoms with Gasteiger partial charge in [0.15, 0.2) is 5.41 Å². The molecule has 2 rings (SSSR count). The first kappa shape index (κ1) is 23.6. The number of esters is 2. The van der Waals surface area contributed by atoms with Gasteiger partial charge in [0.25, 0.3) is 0 Å². The van der Waals surface area contributed by atoms with Crippen LogP contribution >= 0.6 is 0 Å². The molecule has 2 atom stereocenters. The second-order valence-corrected chi connectivity index (χ2v) is 7.29. The van der Waals surface area contributed by atoms with Crippen LogP contribution in [-0.4, -0.2) is 30.6 Å². The number of pyridine rings is 1. The maximum absolute atomic E-state index is 13.3. The SMILES string of the molecule is CCOC(=O)C(CC#N)(C(=O)OC)C(c1ccccc1)c1nccc(C(C)C)c1C#N. The van der Waals surface area contributed by atoms with Gasteiger partial charge in [0.05, 0.1) is 43.4 Å². The quantitative estimate of drug-likeness (QED) is 0.472. The molecule has 0 saturated carbocycles. The van der Waals surface area contributed by atoms with Gasteiger partial charge in [0.1, 0.15) is 6.07 Å². The summed E-state index contributed by atoms with van der Waals surface area (Å²) in [6, 6.07) is 14.6. The van der Waals surface area contributed by atoms with Crippen LogP contribution in [0.2, 0.25) is 0 Å². The molecule has 2 unspecified atom stereocenters. The van der Waals surface area contributed by atoms with Crippen LogP contribution in [0.4, 0.5) is 0 Å². The highest BCUT2D eigenvalue weighted by atomic mass is 16.6. The zero-order chi connectivity index (χ0) is 23.0. The monoisotopic (exact) mass is 419 g/mol. The molecular formula is C24H25N3O4. The zero-order valence-corrected chi connectivity index (χ0v) is 18.1. The van der Waals surface area contributed by atoms with Gasteiger partial charge in [-0.15, -0.1) is 0 Å². The van der Waals surface area contributed by atoms with E-state index in [1.54, 1.807) is 49.5 Å². The van der Waals surface area contributed by atoms with Crippen molar-refractivity contribution >= 4 is 11.9 Å². The van der Waals surface area contributed by atoms with Crippen molar-refractivity contribution < 1.29 is 19.1 Å². The van der Waals surface area contributed by atoms with Gasteiger partial charge in [-0.05, 0) is 30.0 Å². The minimum atomic E-state index is -2.03. The number of nitrogens with zero attached hydrogens (tertiary/aromatic N) is 3. The third-order valence-electron chi connectivity index (χ3n) is 5.19. The Morgan fingerprint density at radius 3 is 2.32 bits per heavy atom. The Labute approximate surface area is 182 Å². The molecule has 1 heterocycles. The molecule has 7 heteroatoms. The molecule has 0 saturated heterocycles. The van der Waals surface area contributed by atoms with E-state index in [-0.39, 0.29) is 23.8 Å². The molecule has 0 spiro atoms. The standard InChI is InChI=1S/C24H25N3O4/c1-5-31-23(29)24(12-13-25,22(28)30-4)20(17-9-7-6-8-10-17)21-19(15-26)18(16(2)3)11-14-27-21/h6-11,14,16,20H,5,12H2,1-4H3. The van der Waals surface area contributed by atoms with Gasteiger partial charge in [-0.1, -0.05) is 44.2 Å². The summed E-state index contributed by atoms with van der Waals surface area (Å²) < 4.78 is 10.3. The number of nitriles is 2. The summed E-state index contributed by atoms with van der Waals surface area (Å²) in [6.07, 6.45) is 1.04. The van der Waals surface area contributed by atoms with E-state index < -0.39 is 29.7 Å². The molecule has 0 amide bonds. The predicted molar refractivity (Wildman–Crippen MR) is 113 cm³/mol. The van der Waals surface area contributed by atoms with E-state index in [2.05, 4.69) is 11.1 Å². The predicted octanol–water partition coefficient (Wildman–Crippen LogP) is 3.84. The molecule has 1 aromatic carbocycles. The Hall–Kier alpha value is -3.71. The average molecular weight is 419 g/mol. The summed E-state index contributed by atoms with van der Waals surface area (Å²) in [6.45, 7) is 5.49. The van der Waals surface area contributed by atoms with Gasteiger partial charge in [-0.2, -0.15) is 10.5 Å². The normalized spacial score (nSPS) is 13.4. The van der Waals surface area contributed by atoms with Crippen LogP contribution in [0, 0.1) is 28.1 Å². The van der Waals surface area contributed by atoms with Crippen molar-refractivity contribution in [3.8, 4) is 12.1 Å². The summed E-state index contributed by atoms with van der Waals surface area (Å²) in [5, 5.41) is 19.6. The maximum Gasteiger partial charge on any atom is 0.325 e. The first-order chi connectivity index (χ1) is 14.9. The number of carbonyl (C=O) groups excluding carboxylic acids is 2. The number of benzene rings is 1. The number of aromatic nitrogens is 1. The van der Waals surface area contributed by atoms with Crippen molar-refractivity contribution in [1.82, 2.24) is 4.98 Å². The third-order valence-corrected chi connectivity index (χ3v) is 5.19. The van der Waals surface area contributed by atoms with E-state index in [0.717, 1.165) is 12.7 Å². The Morgan fingerprint density at radius 2 is 1.81 bits per heavy atom. The van der Waals surface area contributed by atoms with Gasteiger partial charge in [-0.3, -0.25) is 14.6 Å². The number of rotatable bonds is 8. The van der Waals surface area contributed by atoms with Crippen molar-refractivity contribution in [3.05, 3.63) is 65.0 Å². The Morgan fingerprint density at radius 1 is 1.13 bits per heavy atom. The molecule has 0 radical (unpaired) electrons. The van der Waals surface area contributed by atoms with Crippen LogP contribution in [0.3, 0.4) is 0 Å². The van der Waals surface area contributed by atoms with Crippen LogP contribution in [0.1, 0.15) is 61.4 Å². The second-order valence-electron chi connectivity index (χ2n) is 7.29. The number of hydrogen-bond acceptors (Lipinski definition) is 7. The second kappa shape index (κ2) is 10.4. The number of ether oxygens (including phenoxy) is 2. The van der Waals surface area contributed by atoms with Crippen molar-refractivity contribution in [1.29, 1.82) is 10.5 Å². The van der Waals surface area contributed by atoms with E-state index in [0.29, 0.717) is 5.56 Å². The molecule has 31 heavy (non-hydrogen) atoms. The highest BCUT2D eigenvalue weighted by molar-refractivity contribution is 6.02. The van der Waals surface area contributed by atoms with Crippen LogP contribution < -0.4 is 0 Å². The molecule has 0 bridgehead atoms. The summed E-state index contributed by atoms with van der Waals surface area (Å²) in [7, 11) is 1.15. The molecule has 0 aliphatic rings. The average Bonchev–Trinajstić information content (AvgIpc) is 2.78. The Bertz CT molecular complexity index is 1020. The molecule has 2 aromatic rings. The number of methoxy groups -OCH3 is 1. The van der Waals surface area contributed by atoms with E-state index in [1.165, 1.54) is 0 Å². The van der Waals surface area contributed by atoms with Gasteiger partial charge in [0, 0.05) is 6.20 Å². The van der Waals surface area contributed by atoms with Crippen molar-refractivity contribution in [2.24, 2.45) is 5.41 Å². The summed E-state index contributed by atoms with van der Waals surface area (Å²) in [5.41, 5.74) is -0.265. The lowest BCUT2D eigenvalue weighted by Gasteiger charge is -2.35. The van der Waals surface area contributed by atoms with Crippen molar-refractivity contribution in [2.75, 3.05) is 13.7 Å². The molecule has 0 aliphatic heterocycles. The molecule has 7 nitrogen and oxygen atoms in total. The van der Waals surface area contributed by atoms with Crippen LogP contribution in [-0.2, 0) is 19.1 Å². The van der Waals surface area contributed by atoms with E-state index in [9.17, 15) is 20.1 Å². The molecule has 1 aromatic heterocycles. The van der Waals surface area contributed by atoms with Gasteiger partial charge >= 0.3 is 11.9 Å². The lowest BCUT2D eigenvalue weighted by molar-refractivity contribution is -0.171. The fourth-order valence-electron chi connectivity index (χ4n) is 3.77. The molecular weight excluding hydrogens is 394 g/mol. The fourth-order valence-corrected chi connectivity index (χ4v) is 3.77. The highest BCUT2D eigenvalue weighted by Gasteiger charge is 2.57. The van der Waals surface area contributed by atoms with Crippen molar-refractivity contribution in [3.63, 3.8) is 0 Å². The van der Waals surface area contributed by atoms with Crippen LogP contribution in [0.25, 0.3) is 0 Å². The minimum Gasteiger partial charge on any atom is -0.468 e. The van der Waals surface area contributed by atoms with E-state index >= 15 is 0 Å². The Balaban J connectivity index is 3.00. The number of carbonyl (C=O) groups is 2. The summed E-state index contributed by atoms with van der Waals surface area (Å²) in [5.74, 6) is -2.87. The first-order valence-electron chi connectivity index (χ1n) is 9.95. The molecule has 160 valence electrons. The minimum absolute atomic E-state index is 0.00101. The maximum atomic E-state index is 13.3. The topological polar surface area (TPSA) is 113 Å². The van der Waals surface area contributed by atoms with Gasteiger partial charge in [-0.25, -0.2) is 0 Å². The van der Waals surface area contributed by atoms with Gasteiger partial charge < -0.3 is 9.47 Å². The van der Waals surface area contributed by atoms with Crippen molar-refractivity contribution in [2.45, 2.75) is 39.0 Å². The van der Waals surface area contributed by atoms with Crippen LogP contribution in [0.15, 0.2) is 42.6 Å². The number of hydrogen-bond donors (Lipinski definition) is 0. The van der Waals surface area contributed by atoms with E-state index in [4.69, 9.17) is 9.47 Å². The Kier molecular flexibility index (Phi) is 7.88. The summed E-state index contributed by atoms with van der Waals surface area (Å²) >= 11 is 0. The molecule has 0 aliphatic carbocycles. The van der Waals surface area contributed by atoms with E-state index in [1.807, 2.05) is 19.9 Å². The molecule has 0 fully saturated rings. The highest BCUT2D eigenvalue weighted by Crippen LogP contribution is 2.46. The zero-order valence-electron chi connectivity index (χ0n) is 18.1. The smallest absolute Gasteiger partial charge is 0.325 e. The fraction of sp³-hybridized carbons (Fsp3) is 0.375. The summed E-state index contributed by atoms with van der Waals surface area (Å²) in [4.78, 5) is 30.9. The van der Waals surface area contributed by atoms with Crippen LogP contribution in [0.5, 0.6) is 0 Å².